The average Bonchev–Trinajstić information content (AvgIpc) is 3.05. The molecule has 0 atom stereocenters. The van der Waals surface area contributed by atoms with Crippen LogP contribution in [0.25, 0.3) is 11.5 Å². The molecule has 0 N–H and O–H groups in total. The van der Waals surface area contributed by atoms with Crippen LogP contribution in [0.4, 0.5) is 4.39 Å². The van der Waals surface area contributed by atoms with Crippen molar-refractivity contribution in [2.45, 2.75) is 37.9 Å². The number of sulfonamides is 1. The molecule has 1 saturated heterocycles. The summed E-state index contributed by atoms with van der Waals surface area (Å²) in [5.41, 5.74) is 0.662. The molecule has 24 heavy (non-hydrogen) atoms. The molecule has 0 spiro atoms. The average molecular weight is 353 g/mol. The van der Waals surface area contributed by atoms with E-state index in [2.05, 4.69) is 10.2 Å². The first-order valence-corrected chi connectivity index (χ1v) is 9.46. The highest BCUT2D eigenvalue weighted by Crippen LogP contribution is 2.30. The topological polar surface area (TPSA) is 76.3 Å². The van der Waals surface area contributed by atoms with Crippen molar-refractivity contribution < 1.29 is 17.2 Å². The molecule has 1 fully saturated rings. The molecule has 0 unspecified atom stereocenters. The number of halogens is 1. The fourth-order valence-corrected chi connectivity index (χ4v) is 4.08. The molecule has 130 valence electrons. The third kappa shape index (κ3) is 3.34. The number of benzene rings is 1. The van der Waals surface area contributed by atoms with Crippen LogP contribution < -0.4 is 0 Å². The van der Waals surface area contributed by atoms with Gasteiger partial charge in [0.1, 0.15) is 5.82 Å². The zero-order valence-corrected chi connectivity index (χ0v) is 14.5. The Morgan fingerprint density at radius 3 is 2.38 bits per heavy atom. The lowest BCUT2D eigenvalue weighted by Gasteiger charge is -2.30. The first-order chi connectivity index (χ1) is 11.4. The van der Waals surface area contributed by atoms with Gasteiger partial charge in [0.15, 0.2) is 0 Å². The Morgan fingerprint density at radius 1 is 1.17 bits per heavy atom. The first kappa shape index (κ1) is 17.0. The maximum Gasteiger partial charge on any atom is 0.247 e. The van der Waals surface area contributed by atoms with Gasteiger partial charge in [0.2, 0.25) is 21.8 Å². The van der Waals surface area contributed by atoms with Gasteiger partial charge >= 0.3 is 0 Å². The van der Waals surface area contributed by atoms with Crippen LogP contribution in [0.5, 0.6) is 0 Å². The van der Waals surface area contributed by atoms with Crippen molar-refractivity contribution in [2.75, 3.05) is 13.1 Å². The minimum Gasteiger partial charge on any atom is -0.420 e. The van der Waals surface area contributed by atoms with Gasteiger partial charge < -0.3 is 4.42 Å². The van der Waals surface area contributed by atoms with Gasteiger partial charge in [0, 0.05) is 24.6 Å². The maximum absolute atomic E-state index is 13.0. The highest BCUT2D eigenvalue weighted by Gasteiger charge is 2.32. The van der Waals surface area contributed by atoms with Crippen molar-refractivity contribution in [3.8, 4) is 11.5 Å². The van der Waals surface area contributed by atoms with Crippen molar-refractivity contribution in [3.05, 3.63) is 36.0 Å². The molecule has 1 aliphatic rings. The van der Waals surface area contributed by atoms with Crippen LogP contribution in [0.2, 0.25) is 0 Å². The van der Waals surface area contributed by atoms with Gasteiger partial charge in [0.25, 0.3) is 0 Å². The molecule has 0 saturated carbocycles. The largest absolute Gasteiger partial charge is 0.420 e. The second-order valence-electron chi connectivity index (χ2n) is 6.22. The maximum atomic E-state index is 13.0. The summed E-state index contributed by atoms with van der Waals surface area (Å²) >= 11 is 0. The first-order valence-electron chi connectivity index (χ1n) is 7.96. The summed E-state index contributed by atoms with van der Waals surface area (Å²) in [7, 11) is -3.22. The third-order valence-electron chi connectivity index (χ3n) is 4.29. The van der Waals surface area contributed by atoms with Gasteiger partial charge in [-0.2, -0.15) is 0 Å². The van der Waals surface area contributed by atoms with Crippen molar-refractivity contribution in [1.82, 2.24) is 14.5 Å². The molecule has 8 heteroatoms. The number of nitrogens with zero attached hydrogens (tertiary/aromatic N) is 3. The molecule has 1 aliphatic heterocycles. The summed E-state index contributed by atoms with van der Waals surface area (Å²) in [6, 6.07) is 5.86. The lowest BCUT2D eigenvalue weighted by Crippen LogP contribution is -2.41. The molecule has 0 radical (unpaired) electrons. The number of piperidine rings is 1. The molecular weight excluding hydrogens is 333 g/mol. The lowest BCUT2D eigenvalue weighted by atomic mass is 9.98. The predicted molar refractivity (Wildman–Crippen MR) is 87.3 cm³/mol. The summed E-state index contributed by atoms with van der Waals surface area (Å²) in [5, 5.41) is 7.68. The van der Waals surface area contributed by atoms with Gasteiger partial charge in [-0.15, -0.1) is 10.2 Å². The fraction of sp³-hybridized carbons (Fsp3) is 0.500. The van der Waals surface area contributed by atoms with E-state index in [4.69, 9.17) is 4.42 Å². The molecule has 0 amide bonds. The summed E-state index contributed by atoms with van der Waals surface area (Å²) in [6.07, 6.45) is 1.30. The van der Waals surface area contributed by atoms with Gasteiger partial charge in [-0.1, -0.05) is 0 Å². The highest BCUT2D eigenvalue weighted by molar-refractivity contribution is 7.89. The Morgan fingerprint density at radius 2 is 1.79 bits per heavy atom. The van der Waals surface area contributed by atoms with Gasteiger partial charge in [-0.05, 0) is 51.0 Å². The highest BCUT2D eigenvalue weighted by atomic mass is 32.2. The summed E-state index contributed by atoms with van der Waals surface area (Å²) in [5.74, 6) is 0.584. The van der Waals surface area contributed by atoms with Crippen molar-refractivity contribution in [1.29, 1.82) is 0 Å². The van der Waals surface area contributed by atoms with Crippen LogP contribution >= 0.6 is 0 Å². The fourth-order valence-electron chi connectivity index (χ4n) is 2.76. The number of rotatable bonds is 4. The number of hydrogen-bond acceptors (Lipinski definition) is 5. The Balaban J connectivity index is 1.68. The van der Waals surface area contributed by atoms with Crippen LogP contribution in [0.15, 0.2) is 28.7 Å². The van der Waals surface area contributed by atoms with E-state index < -0.39 is 15.3 Å². The van der Waals surface area contributed by atoms with Gasteiger partial charge in [-0.3, -0.25) is 0 Å². The van der Waals surface area contributed by atoms with Crippen LogP contribution in [0.1, 0.15) is 38.5 Å². The number of aromatic nitrogens is 2. The van der Waals surface area contributed by atoms with Crippen molar-refractivity contribution in [2.24, 2.45) is 0 Å². The minimum atomic E-state index is -3.22. The van der Waals surface area contributed by atoms with Crippen LogP contribution in [-0.4, -0.2) is 41.3 Å². The Kier molecular flexibility index (Phi) is 4.69. The van der Waals surface area contributed by atoms with E-state index in [0.29, 0.717) is 43.3 Å². The van der Waals surface area contributed by atoms with Crippen LogP contribution in [0.3, 0.4) is 0 Å². The zero-order valence-electron chi connectivity index (χ0n) is 13.6. The molecule has 0 bridgehead atoms. The zero-order chi connectivity index (χ0) is 17.3. The summed E-state index contributed by atoms with van der Waals surface area (Å²) < 4.78 is 44.6. The monoisotopic (exact) mass is 353 g/mol. The Labute approximate surface area is 140 Å². The molecular formula is C16H20FN3O3S. The van der Waals surface area contributed by atoms with Crippen molar-refractivity contribution >= 4 is 10.0 Å². The molecule has 0 aliphatic carbocycles. The number of hydrogen-bond donors (Lipinski definition) is 0. The molecule has 1 aromatic carbocycles. The van der Waals surface area contributed by atoms with E-state index in [0.717, 1.165) is 0 Å². The molecule has 6 nitrogen and oxygen atoms in total. The van der Waals surface area contributed by atoms with Gasteiger partial charge in [0.05, 0.1) is 5.25 Å². The van der Waals surface area contributed by atoms with Crippen LogP contribution in [-0.2, 0) is 10.0 Å². The van der Waals surface area contributed by atoms with Crippen molar-refractivity contribution in [3.63, 3.8) is 0 Å². The molecule has 2 aromatic rings. The molecule has 3 rings (SSSR count). The minimum absolute atomic E-state index is 0.0466. The third-order valence-corrected chi connectivity index (χ3v) is 6.57. The second-order valence-corrected chi connectivity index (χ2v) is 8.71. The SMILES string of the molecule is CC(C)S(=O)(=O)N1CCC(c2nnc(-c3ccc(F)cc3)o2)CC1. The molecule has 1 aromatic heterocycles. The van der Waals surface area contributed by atoms with Crippen LogP contribution in [0, 0.1) is 5.82 Å². The van der Waals surface area contributed by atoms with E-state index in [1.54, 1.807) is 26.0 Å². The summed E-state index contributed by atoms with van der Waals surface area (Å²) in [4.78, 5) is 0. The second kappa shape index (κ2) is 6.60. The van der Waals surface area contributed by atoms with E-state index in [1.165, 1.54) is 16.4 Å². The standard InChI is InChI=1S/C16H20FN3O3S/c1-11(2)24(21,22)20-9-7-13(8-10-20)16-19-18-15(23-16)12-3-5-14(17)6-4-12/h3-6,11,13H,7-10H2,1-2H3. The van der Waals surface area contributed by atoms with E-state index in [-0.39, 0.29) is 11.7 Å². The quantitative estimate of drug-likeness (QED) is 0.845. The lowest BCUT2D eigenvalue weighted by molar-refractivity contribution is 0.290. The van der Waals surface area contributed by atoms with Gasteiger partial charge in [-0.25, -0.2) is 17.1 Å². The summed E-state index contributed by atoms with van der Waals surface area (Å²) in [6.45, 7) is 4.29. The Bertz CT molecular complexity index is 794. The van der Waals surface area contributed by atoms with E-state index in [1.807, 2.05) is 0 Å². The Hall–Kier alpha value is -1.80. The van der Waals surface area contributed by atoms with E-state index >= 15 is 0 Å². The molecule has 2 heterocycles. The predicted octanol–water partition coefficient (Wildman–Crippen LogP) is 2.79. The smallest absolute Gasteiger partial charge is 0.247 e. The normalized spacial score (nSPS) is 17.5. The van der Waals surface area contributed by atoms with E-state index in [9.17, 15) is 12.8 Å².